The van der Waals surface area contributed by atoms with E-state index in [0.29, 0.717) is 17.8 Å². The maximum atomic E-state index is 5.52. The summed E-state index contributed by atoms with van der Waals surface area (Å²) in [7, 11) is 0. The Bertz CT molecular complexity index is 608. The van der Waals surface area contributed by atoms with Crippen molar-refractivity contribution >= 4 is 0 Å². The first-order valence-corrected chi connectivity index (χ1v) is 7.90. The van der Waals surface area contributed by atoms with E-state index in [4.69, 9.17) is 9.40 Å². The average Bonchev–Trinajstić information content (AvgIpc) is 3.18. The summed E-state index contributed by atoms with van der Waals surface area (Å²) in [4.78, 5) is 10.8. The Morgan fingerprint density at radius 1 is 1.24 bits per heavy atom. The predicted molar refractivity (Wildman–Crippen MR) is 76.6 cm³/mol. The maximum Gasteiger partial charge on any atom is 0.230 e. The fraction of sp³-hybridized carbons (Fsp3) is 0.667. The highest BCUT2D eigenvalue weighted by Crippen LogP contribution is 2.33. The lowest BCUT2D eigenvalue weighted by atomic mass is 10.0. The number of hydrogen-bond acceptors (Lipinski definition) is 5. The number of rotatable bonds is 3. The molecule has 2 aromatic heterocycles. The molecule has 1 fully saturated rings. The number of fused-ring (bicyclic) bond motifs is 1. The monoisotopic (exact) mass is 287 g/mol. The number of likely N-dealkylation sites (tertiary alicyclic amines) is 1. The minimum absolute atomic E-state index is 0.364. The molecule has 2 aliphatic rings. The van der Waals surface area contributed by atoms with Crippen molar-refractivity contribution in [2.75, 3.05) is 6.54 Å². The van der Waals surface area contributed by atoms with E-state index in [1.807, 2.05) is 6.92 Å². The molecule has 1 aliphatic heterocycles. The van der Waals surface area contributed by atoms with Crippen molar-refractivity contribution in [2.24, 2.45) is 0 Å². The topological polar surface area (TPSA) is 70.8 Å². The highest BCUT2D eigenvalue weighted by Gasteiger charge is 2.30. The molecule has 0 amide bonds. The summed E-state index contributed by atoms with van der Waals surface area (Å²) in [6.45, 7) is 3.62. The largest absolute Gasteiger partial charge is 0.424 e. The molecule has 1 aliphatic carbocycles. The quantitative estimate of drug-likeness (QED) is 0.938. The van der Waals surface area contributed by atoms with Crippen LogP contribution in [0.4, 0.5) is 0 Å². The fourth-order valence-corrected chi connectivity index (χ4v) is 3.53. The Kier molecular flexibility index (Phi) is 3.25. The third-order valence-corrected chi connectivity index (χ3v) is 4.56. The van der Waals surface area contributed by atoms with Crippen molar-refractivity contribution < 1.29 is 4.42 Å². The summed E-state index contributed by atoms with van der Waals surface area (Å²) in [6, 6.07) is 0.364. The van der Waals surface area contributed by atoms with Gasteiger partial charge in [0.2, 0.25) is 11.8 Å². The van der Waals surface area contributed by atoms with Crippen LogP contribution in [-0.2, 0) is 19.4 Å². The molecule has 4 rings (SSSR count). The molecule has 1 atom stereocenters. The molecule has 112 valence electrons. The van der Waals surface area contributed by atoms with Crippen LogP contribution >= 0.6 is 0 Å². The van der Waals surface area contributed by atoms with Gasteiger partial charge in [0.25, 0.3) is 0 Å². The van der Waals surface area contributed by atoms with Crippen LogP contribution < -0.4 is 0 Å². The molecule has 1 unspecified atom stereocenters. The van der Waals surface area contributed by atoms with Crippen molar-refractivity contribution in [1.82, 2.24) is 25.1 Å². The first-order chi connectivity index (χ1) is 10.3. The van der Waals surface area contributed by atoms with Gasteiger partial charge in [-0.1, -0.05) is 0 Å². The molecule has 3 heterocycles. The van der Waals surface area contributed by atoms with Crippen LogP contribution in [0.2, 0.25) is 0 Å². The van der Waals surface area contributed by atoms with Gasteiger partial charge in [-0.25, -0.2) is 4.98 Å². The SMILES string of the molecule is Cc1nnc(CN2CCCC2c2nc3c([nH]2)CCCC3)o1. The Hall–Kier alpha value is -1.69. The predicted octanol–water partition coefficient (Wildman–Crippen LogP) is 2.32. The first-order valence-electron chi connectivity index (χ1n) is 7.90. The van der Waals surface area contributed by atoms with Crippen LogP contribution in [0.25, 0.3) is 0 Å². The van der Waals surface area contributed by atoms with E-state index < -0.39 is 0 Å². The van der Waals surface area contributed by atoms with Gasteiger partial charge in [-0.05, 0) is 45.1 Å². The summed E-state index contributed by atoms with van der Waals surface area (Å²) in [5.41, 5.74) is 2.65. The van der Waals surface area contributed by atoms with Crippen LogP contribution in [0.3, 0.4) is 0 Å². The molecule has 0 radical (unpaired) electrons. The van der Waals surface area contributed by atoms with Gasteiger partial charge in [-0.3, -0.25) is 4.90 Å². The third kappa shape index (κ3) is 2.48. The first kappa shape index (κ1) is 13.0. The van der Waals surface area contributed by atoms with Crippen molar-refractivity contribution in [3.8, 4) is 0 Å². The zero-order valence-electron chi connectivity index (χ0n) is 12.4. The van der Waals surface area contributed by atoms with E-state index in [9.17, 15) is 0 Å². The van der Waals surface area contributed by atoms with Crippen LogP contribution in [0.5, 0.6) is 0 Å². The number of aromatic nitrogens is 4. The molecule has 0 aromatic carbocycles. The lowest BCUT2D eigenvalue weighted by molar-refractivity contribution is 0.215. The molecule has 0 bridgehead atoms. The highest BCUT2D eigenvalue weighted by molar-refractivity contribution is 5.19. The number of aryl methyl sites for hydroxylation is 3. The van der Waals surface area contributed by atoms with Gasteiger partial charge in [0.05, 0.1) is 18.3 Å². The molecular formula is C15H21N5O. The lowest BCUT2D eigenvalue weighted by Crippen LogP contribution is -2.23. The summed E-state index contributed by atoms with van der Waals surface area (Å²) < 4.78 is 5.52. The van der Waals surface area contributed by atoms with Crippen molar-refractivity contribution in [3.63, 3.8) is 0 Å². The van der Waals surface area contributed by atoms with E-state index >= 15 is 0 Å². The van der Waals surface area contributed by atoms with Crippen LogP contribution in [-0.4, -0.2) is 31.6 Å². The van der Waals surface area contributed by atoms with Gasteiger partial charge in [0, 0.05) is 12.6 Å². The molecule has 21 heavy (non-hydrogen) atoms. The Morgan fingerprint density at radius 3 is 2.95 bits per heavy atom. The third-order valence-electron chi connectivity index (χ3n) is 4.56. The number of H-pyrrole nitrogens is 1. The summed E-state index contributed by atoms with van der Waals surface area (Å²) in [6.07, 6.45) is 7.18. The molecule has 2 aromatic rings. The molecule has 6 nitrogen and oxygen atoms in total. The number of imidazole rings is 1. The Morgan fingerprint density at radius 2 is 2.14 bits per heavy atom. The molecule has 1 saturated heterocycles. The average molecular weight is 287 g/mol. The number of hydrogen-bond donors (Lipinski definition) is 1. The molecule has 0 spiro atoms. The lowest BCUT2D eigenvalue weighted by Gasteiger charge is -2.20. The van der Waals surface area contributed by atoms with Crippen LogP contribution in [0.1, 0.15) is 60.7 Å². The maximum absolute atomic E-state index is 5.52. The normalized spacial score (nSPS) is 22.6. The van der Waals surface area contributed by atoms with E-state index in [-0.39, 0.29) is 0 Å². The van der Waals surface area contributed by atoms with Gasteiger partial charge in [0.15, 0.2) is 0 Å². The second kappa shape index (κ2) is 5.26. The Balaban J connectivity index is 1.54. The van der Waals surface area contributed by atoms with Crippen LogP contribution in [0, 0.1) is 6.92 Å². The minimum atomic E-state index is 0.364. The summed E-state index contributed by atoms with van der Waals surface area (Å²) in [5.74, 6) is 2.47. The number of nitrogens with zero attached hydrogens (tertiary/aromatic N) is 4. The zero-order valence-corrected chi connectivity index (χ0v) is 12.4. The highest BCUT2D eigenvalue weighted by atomic mass is 16.4. The summed E-state index contributed by atoms with van der Waals surface area (Å²) >= 11 is 0. The second-order valence-corrected chi connectivity index (χ2v) is 6.10. The molecule has 0 saturated carbocycles. The molecule has 1 N–H and O–H groups in total. The smallest absolute Gasteiger partial charge is 0.230 e. The van der Waals surface area contributed by atoms with Crippen molar-refractivity contribution in [1.29, 1.82) is 0 Å². The Labute approximate surface area is 124 Å². The number of aromatic amines is 1. The van der Waals surface area contributed by atoms with E-state index in [0.717, 1.165) is 38.2 Å². The van der Waals surface area contributed by atoms with Crippen molar-refractivity contribution in [3.05, 3.63) is 29.0 Å². The van der Waals surface area contributed by atoms with Gasteiger partial charge >= 0.3 is 0 Å². The van der Waals surface area contributed by atoms with Gasteiger partial charge in [-0.15, -0.1) is 10.2 Å². The van der Waals surface area contributed by atoms with E-state index in [1.54, 1.807) is 0 Å². The van der Waals surface area contributed by atoms with Gasteiger partial charge in [-0.2, -0.15) is 0 Å². The zero-order chi connectivity index (χ0) is 14.2. The van der Waals surface area contributed by atoms with Crippen molar-refractivity contribution in [2.45, 2.75) is 58.0 Å². The van der Waals surface area contributed by atoms with E-state index in [2.05, 4.69) is 20.1 Å². The van der Waals surface area contributed by atoms with E-state index in [1.165, 1.54) is 30.7 Å². The fourth-order valence-electron chi connectivity index (χ4n) is 3.53. The minimum Gasteiger partial charge on any atom is -0.424 e. The van der Waals surface area contributed by atoms with Gasteiger partial charge in [0.1, 0.15) is 5.82 Å². The second-order valence-electron chi connectivity index (χ2n) is 6.10. The van der Waals surface area contributed by atoms with Gasteiger partial charge < -0.3 is 9.40 Å². The van der Waals surface area contributed by atoms with Crippen LogP contribution in [0.15, 0.2) is 4.42 Å². The number of nitrogens with one attached hydrogen (secondary N) is 1. The molecular weight excluding hydrogens is 266 g/mol. The standard InChI is InChI=1S/C15H21N5O/c1-10-18-19-14(21-10)9-20-8-4-7-13(20)15-16-11-5-2-3-6-12(11)17-15/h13H,2-9H2,1H3,(H,16,17). The molecule has 6 heteroatoms. The summed E-state index contributed by atoms with van der Waals surface area (Å²) in [5, 5.41) is 8.03.